The number of hydrogen-bond donors (Lipinski definition) is 1. The highest BCUT2D eigenvalue weighted by atomic mass is 16.2. The summed E-state index contributed by atoms with van der Waals surface area (Å²) in [6.07, 6.45) is 4.96. The molecule has 134 valence electrons. The summed E-state index contributed by atoms with van der Waals surface area (Å²) >= 11 is 0. The van der Waals surface area contributed by atoms with Crippen molar-refractivity contribution in [1.82, 2.24) is 29.5 Å². The first-order valence-corrected chi connectivity index (χ1v) is 8.67. The number of aryl methyl sites for hydroxylation is 2. The Bertz CT molecular complexity index is 1050. The maximum Gasteiger partial charge on any atom is 0.252 e. The van der Waals surface area contributed by atoms with E-state index in [0.29, 0.717) is 31.7 Å². The van der Waals surface area contributed by atoms with Crippen LogP contribution in [-0.2, 0) is 24.2 Å². The number of nitrogens with one attached hydrogen (secondary N) is 1. The highest BCUT2D eigenvalue weighted by Gasteiger charge is 2.21. The number of carbonyl (C=O) groups excluding carboxylic acids is 1. The van der Waals surface area contributed by atoms with E-state index in [-0.39, 0.29) is 11.5 Å². The van der Waals surface area contributed by atoms with Crippen LogP contribution in [0.2, 0.25) is 0 Å². The summed E-state index contributed by atoms with van der Waals surface area (Å²) in [4.78, 5) is 37.2. The molecular weight excluding hydrogens is 332 g/mol. The van der Waals surface area contributed by atoms with E-state index in [1.54, 1.807) is 16.8 Å². The number of pyridine rings is 1. The molecule has 0 saturated carbocycles. The van der Waals surface area contributed by atoms with Crippen molar-refractivity contribution in [3.05, 3.63) is 57.0 Å². The molecule has 1 N–H and O–H groups in total. The van der Waals surface area contributed by atoms with Crippen molar-refractivity contribution in [3.8, 4) is 0 Å². The second kappa shape index (κ2) is 6.36. The molecule has 8 heteroatoms. The number of fused-ring (bicyclic) bond motifs is 2. The topological polar surface area (TPSA) is 96.2 Å². The smallest absolute Gasteiger partial charge is 0.252 e. The Hall–Kier alpha value is -3.03. The zero-order valence-electron chi connectivity index (χ0n) is 14.8. The van der Waals surface area contributed by atoms with Gasteiger partial charge in [0.2, 0.25) is 11.5 Å². The Labute approximate surface area is 149 Å². The quantitative estimate of drug-likeness (QED) is 0.757. The van der Waals surface area contributed by atoms with Crippen molar-refractivity contribution in [1.29, 1.82) is 0 Å². The number of aromatic amines is 1. The molecule has 0 saturated heterocycles. The molecule has 0 aromatic carbocycles. The molecule has 4 rings (SSSR count). The van der Waals surface area contributed by atoms with Crippen molar-refractivity contribution < 1.29 is 4.79 Å². The molecule has 0 fully saturated rings. The molecule has 1 amide bonds. The highest BCUT2D eigenvalue weighted by molar-refractivity contribution is 5.77. The predicted molar refractivity (Wildman–Crippen MR) is 94.8 cm³/mol. The molecule has 3 aromatic heterocycles. The molecule has 1 aliphatic rings. The molecular formula is C18H20N6O2. The van der Waals surface area contributed by atoms with Gasteiger partial charge in [-0.1, -0.05) is 0 Å². The van der Waals surface area contributed by atoms with Gasteiger partial charge in [-0.3, -0.25) is 9.59 Å². The van der Waals surface area contributed by atoms with Gasteiger partial charge < -0.3 is 9.88 Å². The Morgan fingerprint density at radius 2 is 2.15 bits per heavy atom. The van der Waals surface area contributed by atoms with E-state index >= 15 is 0 Å². The van der Waals surface area contributed by atoms with Crippen molar-refractivity contribution in [2.24, 2.45) is 0 Å². The first-order valence-electron chi connectivity index (χ1n) is 8.67. The molecule has 26 heavy (non-hydrogen) atoms. The highest BCUT2D eigenvalue weighted by Crippen LogP contribution is 2.19. The average Bonchev–Trinajstić information content (AvgIpc) is 3.09. The van der Waals surface area contributed by atoms with Crippen LogP contribution in [0.4, 0.5) is 0 Å². The lowest BCUT2D eigenvalue weighted by Crippen LogP contribution is -2.36. The standard InChI is InChI=1S/C18H20N6O2/c1-11-15(12(2)24-18(22-11)20-10-21-24)3-4-17(26)23-6-5-13-7-16(25)19-8-14(13)9-23/h7-8,10H,3-6,9H2,1-2H3,(H,19,25). The molecule has 4 heterocycles. The number of H-pyrrole nitrogens is 1. The average molecular weight is 352 g/mol. The second-order valence-corrected chi connectivity index (χ2v) is 6.65. The summed E-state index contributed by atoms with van der Waals surface area (Å²) in [5, 5.41) is 4.19. The zero-order chi connectivity index (χ0) is 18.3. The van der Waals surface area contributed by atoms with Gasteiger partial charge in [-0.25, -0.2) is 9.50 Å². The van der Waals surface area contributed by atoms with E-state index in [1.807, 2.05) is 18.7 Å². The zero-order valence-corrected chi connectivity index (χ0v) is 14.8. The summed E-state index contributed by atoms with van der Waals surface area (Å²) in [6.45, 7) is 5.11. The third kappa shape index (κ3) is 2.87. The number of hydrogen-bond acceptors (Lipinski definition) is 5. The molecule has 0 spiro atoms. The lowest BCUT2D eigenvalue weighted by Gasteiger charge is -2.28. The first-order chi connectivity index (χ1) is 12.5. The molecule has 0 aliphatic carbocycles. The van der Waals surface area contributed by atoms with E-state index in [9.17, 15) is 9.59 Å². The van der Waals surface area contributed by atoms with Crippen LogP contribution in [-0.4, -0.2) is 41.9 Å². The summed E-state index contributed by atoms with van der Waals surface area (Å²) in [5.41, 5.74) is 4.85. The Morgan fingerprint density at radius 1 is 1.31 bits per heavy atom. The number of nitrogens with zero attached hydrogens (tertiary/aromatic N) is 5. The Morgan fingerprint density at radius 3 is 3.00 bits per heavy atom. The summed E-state index contributed by atoms with van der Waals surface area (Å²) in [6, 6.07) is 1.63. The van der Waals surface area contributed by atoms with Crippen molar-refractivity contribution in [2.45, 2.75) is 39.7 Å². The van der Waals surface area contributed by atoms with Gasteiger partial charge in [-0.05, 0) is 43.4 Å². The molecule has 0 unspecified atom stereocenters. The molecule has 0 atom stereocenters. The molecule has 8 nitrogen and oxygen atoms in total. The minimum atomic E-state index is -0.0921. The number of carbonyl (C=O) groups is 1. The van der Waals surface area contributed by atoms with Crippen molar-refractivity contribution >= 4 is 11.7 Å². The molecule has 0 bridgehead atoms. The Kier molecular flexibility index (Phi) is 4.02. The van der Waals surface area contributed by atoms with E-state index in [0.717, 1.165) is 34.5 Å². The monoisotopic (exact) mass is 352 g/mol. The van der Waals surface area contributed by atoms with Gasteiger partial charge in [0.05, 0.1) is 0 Å². The third-order valence-corrected chi connectivity index (χ3v) is 5.05. The first kappa shape index (κ1) is 16.4. The largest absolute Gasteiger partial charge is 0.338 e. The lowest BCUT2D eigenvalue weighted by atomic mass is 10.0. The normalized spacial score (nSPS) is 13.8. The van der Waals surface area contributed by atoms with Gasteiger partial charge in [-0.15, -0.1) is 0 Å². The minimum absolute atomic E-state index is 0.0921. The summed E-state index contributed by atoms with van der Waals surface area (Å²) in [5.74, 6) is 0.691. The molecule has 0 radical (unpaired) electrons. The van der Waals surface area contributed by atoms with Crippen LogP contribution in [0, 0.1) is 13.8 Å². The predicted octanol–water partition coefficient (Wildman–Crippen LogP) is 0.947. The van der Waals surface area contributed by atoms with Crippen LogP contribution in [0.1, 0.15) is 34.5 Å². The second-order valence-electron chi connectivity index (χ2n) is 6.65. The maximum absolute atomic E-state index is 12.7. The number of aromatic nitrogens is 5. The van der Waals surface area contributed by atoms with Crippen molar-refractivity contribution in [3.63, 3.8) is 0 Å². The van der Waals surface area contributed by atoms with E-state index < -0.39 is 0 Å². The Balaban J connectivity index is 1.48. The van der Waals surface area contributed by atoms with Gasteiger partial charge >= 0.3 is 0 Å². The van der Waals surface area contributed by atoms with E-state index in [1.165, 1.54) is 6.33 Å². The van der Waals surface area contributed by atoms with Gasteiger partial charge in [0.1, 0.15) is 6.33 Å². The fourth-order valence-electron chi connectivity index (χ4n) is 3.58. The maximum atomic E-state index is 12.7. The molecule has 3 aromatic rings. The fraction of sp³-hybridized carbons (Fsp3) is 0.389. The van der Waals surface area contributed by atoms with Crippen LogP contribution in [0.3, 0.4) is 0 Å². The van der Waals surface area contributed by atoms with Gasteiger partial charge in [0.25, 0.3) is 5.78 Å². The minimum Gasteiger partial charge on any atom is -0.338 e. The van der Waals surface area contributed by atoms with Crippen LogP contribution < -0.4 is 5.56 Å². The van der Waals surface area contributed by atoms with E-state index in [2.05, 4.69) is 20.1 Å². The third-order valence-electron chi connectivity index (χ3n) is 5.05. The van der Waals surface area contributed by atoms with Gasteiger partial charge in [-0.2, -0.15) is 10.1 Å². The van der Waals surface area contributed by atoms with Crippen molar-refractivity contribution in [2.75, 3.05) is 6.54 Å². The van der Waals surface area contributed by atoms with Gasteiger partial charge in [0.15, 0.2) is 0 Å². The van der Waals surface area contributed by atoms with Gasteiger partial charge in [0, 0.05) is 43.2 Å². The van der Waals surface area contributed by atoms with Crippen LogP contribution in [0.15, 0.2) is 23.4 Å². The van der Waals surface area contributed by atoms with Crippen LogP contribution in [0.25, 0.3) is 5.78 Å². The van der Waals surface area contributed by atoms with Crippen LogP contribution >= 0.6 is 0 Å². The fourth-order valence-corrected chi connectivity index (χ4v) is 3.58. The van der Waals surface area contributed by atoms with E-state index in [4.69, 9.17) is 0 Å². The number of rotatable bonds is 3. The lowest BCUT2D eigenvalue weighted by molar-refractivity contribution is -0.132. The van der Waals surface area contributed by atoms with Crippen LogP contribution in [0.5, 0.6) is 0 Å². The molecule has 1 aliphatic heterocycles. The summed E-state index contributed by atoms with van der Waals surface area (Å²) in [7, 11) is 0. The summed E-state index contributed by atoms with van der Waals surface area (Å²) < 4.78 is 1.71. The number of amides is 1. The SMILES string of the molecule is Cc1nc2ncnn2c(C)c1CCC(=O)N1CCc2cc(=O)[nH]cc2C1.